The lowest BCUT2D eigenvalue weighted by atomic mass is 10.1. The summed E-state index contributed by atoms with van der Waals surface area (Å²) < 4.78 is 50.3. The van der Waals surface area contributed by atoms with E-state index in [-0.39, 0.29) is 10.9 Å². The first-order chi connectivity index (χ1) is 8.90. The third-order valence-corrected chi connectivity index (χ3v) is 2.08. The molecule has 4 nitrogen and oxygen atoms in total. The van der Waals surface area contributed by atoms with Crippen LogP contribution in [0.15, 0.2) is 30.5 Å². The third-order valence-electron chi connectivity index (χ3n) is 2.08. The molecule has 0 radical (unpaired) electrons. The highest BCUT2D eigenvalue weighted by atomic mass is 19.4. The number of hydrazine groups is 1. The van der Waals surface area contributed by atoms with E-state index >= 15 is 0 Å². The number of nitrogens with one attached hydrogen (secondary N) is 1. The summed E-state index contributed by atoms with van der Waals surface area (Å²) in [6.07, 6.45) is -3.03. The van der Waals surface area contributed by atoms with Crippen LogP contribution in [-0.4, -0.2) is 11.4 Å². The molecule has 0 unspecified atom stereocenters. The van der Waals surface area contributed by atoms with Crippen LogP contribution in [0.2, 0.25) is 0 Å². The Labute approximate surface area is 105 Å². The van der Waals surface area contributed by atoms with Crippen molar-refractivity contribution in [2.45, 2.75) is 6.18 Å². The van der Waals surface area contributed by atoms with E-state index in [9.17, 15) is 17.6 Å². The average molecular weight is 275 g/mol. The molecule has 1 heterocycles. The molecule has 0 aliphatic rings. The first-order valence-electron chi connectivity index (χ1n) is 4.91. The summed E-state index contributed by atoms with van der Waals surface area (Å²) in [7, 11) is 0. The van der Waals surface area contributed by atoms with Crippen molar-refractivity contribution in [3.63, 3.8) is 0 Å². The SMILES string of the molecule is Fc1ccc2nccc(C(F)(F)F)c2c1.NNC=O. The lowest BCUT2D eigenvalue weighted by Gasteiger charge is -2.09. The van der Waals surface area contributed by atoms with E-state index < -0.39 is 17.6 Å². The number of nitrogens with two attached hydrogens (primary N) is 1. The Bertz CT molecular complexity index is 571. The molecule has 2 rings (SSSR count). The maximum atomic E-state index is 12.8. The molecule has 0 fully saturated rings. The number of carbonyl (C=O) groups excluding carboxylic acids is 1. The van der Waals surface area contributed by atoms with Crippen LogP contribution in [0.1, 0.15) is 5.56 Å². The fourth-order valence-electron chi connectivity index (χ4n) is 1.37. The van der Waals surface area contributed by atoms with Crippen LogP contribution in [0, 0.1) is 5.82 Å². The van der Waals surface area contributed by atoms with Crippen molar-refractivity contribution in [2.75, 3.05) is 0 Å². The van der Waals surface area contributed by atoms with Crippen LogP contribution in [0.5, 0.6) is 0 Å². The van der Waals surface area contributed by atoms with Gasteiger partial charge in [0.25, 0.3) is 0 Å². The van der Waals surface area contributed by atoms with Gasteiger partial charge in [0, 0.05) is 11.6 Å². The average Bonchev–Trinajstić information content (AvgIpc) is 2.37. The van der Waals surface area contributed by atoms with Gasteiger partial charge in [-0.25, -0.2) is 10.2 Å². The summed E-state index contributed by atoms with van der Waals surface area (Å²) in [6.45, 7) is 0. The van der Waals surface area contributed by atoms with Crippen molar-refractivity contribution in [1.82, 2.24) is 10.4 Å². The second-order valence-corrected chi connectivity index (χ2v) is 3.30. The summed E-state index contributed by atoms with van der Waals surface area (Å²) in [5, 5.41) is -0.218. The molecule has 0 aliphatic carbocycles. The van der Waals surface area contributed by atoms with Gasteiger partial charge in [0.1, 0.15) is 5.82 Å². The van der Waals surface area contributed by atoms with Gasteiger partial charge in [-0.15, -0.1) is 0 Å². The molecule has 1 amide bonds. The Morgan fingerprint density at radius 3 is 2.42 bits per heavy atom. The minimum Gasteiger partial charge on any atom is -0.297 e. The minimum absolute atomic E-state index is 0.131. The number of hydrogen-bond acceptors (Lipinski definition) is 3. The number of carbonyl (C=O) groups is 1. The predicted octanol–water partition coefficient (Wildman–Crippen LogP) is 2.00. The van der Waals surface area contributed by atoms with Crippen molar-refractivity contribution in [1.29, 1.82) is 0 Å². The van der Waals surface area contributed by atoms with Crippen molar-refractivity contribution in [2.24, 2.45) is 5.84 Å². The molecule has 102 valence electrons. The van der Waals surface area contributed by atoms with Crippen molar-refractivity contribution >= 4 is 17.3 Å². The van der Waals surface area contributed by atoms with E-state index in [4.69, 9.17) is 4.79 Å². The third kappa shape index (κ3) is 3.88. The molecule has 2 aromatic rings. The van der Waals surface area contributed by atoms with Crippen molar-refractivity contribution in [3.8, 4) is 0 Å². The van der Waals surface area contributed by atoms with Gasteiger partial charge in [-0.3, -0.25) is 15.2 Å². The lowest BCUT2D eigenvalue weighted by molar-refractivity contribution is -0.136. The summed E-state index contributed by atoms with van der Waals surface area (Å²) in [4.78, 5) is 12.7. The number of amides is 1. The van der Waals surface area contributed by atoms with E-state index in [1.54, 1.807) is 5.43 Å². The van der Waals surface area contributed by atoms with Gasteiger partial charge < -0.3 is 0 Å². The Morgan fingerprint density at radius 1 is 1.26 bits per heavy atom. The van der Waals surface area contributed by atoms with Crippen LogP contribution in [0.4, 0.5) is 17.6 Å². The number of fused-ring (bicyclic) bond motifs is 1. The minimum atomic E-state index is -4.49. The van der Waals surface area contributed by atoms with E-state index in [1.165, 1.54) is 6.07 Å². The highest BCUT2D eigenvalue weighted by molar-refractivity contribution is 5.82. The smallest absolute Gasteiger partial charge is 0.297 e. The van der Waals surface area contributed by atoms with Gasteiger partial charge in [-0.1, -0.05) is 0 Å². The molecule has 0 bridgehead atoms. The van der Waals surface area contributed by atoms with Crippen LogP contribution < -0.4 is 11.3 Å². The van der Waals surface area contributed by atoms with Gasteiger partial charge in [-0.05, 0) is 24.3 Å². The molecule has 0 atom stereocenters. The number of nitrogens with zero attached hydrogens (tertiary/aromatic N) is 1. The van der Waals surface area contributed by atoms with Gasteiger partial charge >= 0.3 is 6.18 Å². The second-order valence-electron chi connectivity index (χ2n) is 3.30. The van der Waals surface area contributed by atoms with E-state index in [0.717, 1.165) is 24.4 Å². The molecule has 3 N–H and O–H groups in total. The number of aromatic nitrogens is 1. The lowest BCUT2D eigenvalue weighted by Crippen LogP contribution is -2.18. The van der Waals surface area contributed by atoms with Crippen LogP contribution in [0.3, 0.4) is 0 Å². The molecule has 0 aliphatic heterocycles. The van der Waals surface area contributed by atoms with E-state index in [2.05, 4.69) is 10.8 Å². The van der Waals surface area contributed by atoms with E-state index in [0.29, 0.717) is 6.41 Å². The number of pyridine rings is 1. The van der Waals surface area contributed by atoms with Crippen LogP contribution in [0.25, 0.3) is 10.9 Å². The number of rotatable bonds is 1. The van der Waals surface area contributed by atoms with Crippen LogP contribution >= 0.6 is 0 Å². The van der Waals surface area contributed by atoms with E-state index in [1.807, 2.05) is 0 Å². The molecular formula is C11H9F4N3O. The first kappa shape index (κ1) is 14.8. The zero-order chi connectivity index (χ0) is 14.5. The monoisotopic (exact) mass is 275 g/mol. The summed E-state index contributed by atoms with van der Waals surface area (Å²) in [5.41, 5.74) is 1.01. The zero-order valence-electron chi connectivity index (χ0n) is 9.41. The molecule has 0 saturated heterocycles. The number of hydrogen-bond donors (Lipinski definition) is 2. The fourth-order valence-corrected chi connectivity index (χ4v) is 1.37. The maximum Gasteiger partial charge on any atom is 0.417 e. The normalized spacial score (nSPS) is 10.6. The Kier molecular flexibility index (Phi) is 4.76. The van der Waals surface area contributed by atoms with Crippen molar-refractivity contribution < 1.29 is 22.4 Å². The predicted molar refractivity (Wildman–Crippen MR) is 60.1 cm³/mol. The second kappa shape index (κ2) is 6.10. The topological polar surface area (TPSA) is 68.0 Å². The van der Waals surface area contributed by atoms with Gasteiger partial charge in [0.05, 0.1) is 11.1 Å². The maximum absolute atomic E-state index is 12.8. The molecule has 0 spiro atoms. The molecule has 8 heteroatoms. The molecule has 1 aromatic carbocycles. The van der Waals surface area contributed by atoms with Crippen molar-refractivity contribution in [3.05, 3.63) is 41.8 Å². The van der Waals surface area contributed by atoms with Gasteiger partial charge in [0.15, 0.2) is 0 Å². The Balaban J connectivity index is 0.000000399. The summed E-state index contributed by atoms with van der Waals surface area (Å²) in [5.74, 6) is 3.70. The molecule has 0 saturated carbocycles. The summed E-state index contributed by atoms with van der Waals surface area (Å²) in [6, 6.07) is 3.97. The quantitative estimate of drug-likeness (QED) is 0.275. The first-order valence-corrected chi connectivity index (χ1v) is 4.91. The largest absolute Gasteiger partial charge is 0.417 e. The zero-order valence-corrected chi connectivity index (χ0v) is 9.41. The van der Waals surface area contributed by atoms with Gasteiger partial charge in [-0.2, -0.15) is 13.2 Å². The highest BCUT2D eigenvalue weighted by Gasteiger charge is 2.32. The molecule has 19 heavy (non-hydrogen) atoms. The summed E-state index contributed by atoms with van der Waals surface area (Å²) >= 11 is 0. The van der Waals surface area contributed by atoms with Crippen LogP contribution in [-0.2, 0) is 11.0 Å². The number of benzene rings is 1. The number of alkyl halides is 3. The standard InChI is InChI=1S/C10H5F4N.CH4N2O/c11-6-1-2-9-7(5-6)8(3-4-15-9)10(12,13)14;2-3-1-4/h1-5H;1H,2H2,(H,3,4). The van der Waals surface area contributed by atoms with Gasteiger partial charge in [0.2, 0.25) is 6.41 Å². The Morgan fingerprint density at radius 2 is 1.89 bits per heavy atom. The highest BCUT2D eigenvalue weighted by Crippen LogP contribution is 2.33. The Hall–Kier alpha value is -2.22. The molecular weight excluding hydrogens is 266 g/mol. The fraction of sp³-hybridized carbons (Fsp3) is 0.0909. The molecule has 1 aromatic heterocycles. The number of halogens is 4.